The van der Waals surface area contributed by atoms with Crippen molar-refractivity contribution in [2.24, 2.45) is 7.05 Å². The highest BCUT2D eigenvalue weighted by Gasteiger charge is 2.19. The summed E-state index contributed by atoms with van der Waals surface area (Å²) in [5, 5.41) is 15.1. The number of likely N-dealkylation sites (N-methyl/N-ethyl adjacent to an activating group) is 1. The third-order valence-corrected chi connectivity index (χ3v) is 3.04. The first-order chi connectivity index (χ1) is 9.11. The van der Waals surface area contributed by atoms with Crippen molar-refractivity contribution in [2.75, 3.05) is 6.54 Å². The van der Waals surface area contributed by atoms with Gasteiger partial charge in [-0.15, -0.1) is 10.2 Å². The zero-order valence-electron chi connectivity index (χ0n) is 10.8. The molecule has 1 atom stereocenters. The average molecular weight is 284 g/mol. The number of benzene rings is 1. The van der Waals surface area contributed by atoms with Crippen LogP contribution in [0, 0.1) is 5.82 Å². The molecule has 0 saturated heterocycles. The van der Waals surface area contributed by atoms with Crippen LogP contribution < -0.4 is 5.32 Å². The molecule has 0 radical (unpaired) electrons. The SMILES string of the molecule is CCNC(Cc1nnn(C)n1)c1cccc(Cl)c1F. The first kappa shape index (κ1) is 13.9. The molecule has 5 nitrogen and oxygen atoms in total. The molecule has 0 spiro atoms. The minimum absolute atomic E-state index is 0.118. The number of nitrogens with one attached hydrogen (secondary N) is 1. The maximum atomic E-state index is 14.0. The minimum atomic E-state index is -0.404. The molecule has 1 heterocycles. The van der Waals surface area contributed by atoms with Crippen LogP contribution in [0.3, 0.4) is 0 Å². The van der Waals surface area contributed by atoms with Crippen LogP contribution in [0.1, 0.15) is 24.4 Å². The summed E-state index contributed by atoms with van der Waals surface area (Å²) >= 11 is 5.81. The Morgan fingerprint density at radius 3 is 2.89 bits per heavy atom. The van der Waals surface area contributed by atoms with E-state index in [1.807, 2.05) is 6.92 Å². The number of rotatable bonds is 5. The summed E-state index contributed by atoms with van der Waals surface area (Å²) in [4.78, 5) is 1.38. The van der Waals surface area contributed by atoms with Gasteiger partial charge in [-0.25, -0.2) is 4.39 Å². The number of halogens is 2. The smallest absolute Gasteiger partial charge is 0.176 e. The summed E-state index contributed by atoms with van der Waals surface area (Å²) in [5.74, 6) is 0.159. The molecule has 7 heteroatoms. The van der Waals surface area contributed by atoms with E-state index in [0.717, 1.165) is 0 Å². The van der Waals surface area contributed by atoms with Crippen LogP contribution in [-0.2, 0) is 13.5 Å². The van der Waals surface area contributed by atoms with Crippen LogP contribution in [0.15, 0.2) is 18.2 Å². The van der Waals surface area contributed by atoms with Crippen molar-refractivity contribution in [1.29, 1.82) is 0 Å². The molecule has 1 N–H and O–H groups in total. The van der Waals surface area contributed by atoms with Gasteiger partial charge >= 0.3 is 0 Å². The molecule has 0 amide bonds. The second-order valence-electron chi connectivity index (χ2n) is 4.15. The van der Waals surface area contributed by atoms with Crippen LogP contribution >= 0.6 is 11.6 Å². The number of aromatic nitrogens is 4. The number of tetrazole rings is 1. The van der Waals surface area contributed by atoms with Crippen molar-refractivity contribution in [2.45, 2.75) is 19.4 Å². The molecule has 0 aliphatic heterocycles. The van der Waals surface area contributed by atoms with Crippen LogP contribution in [0.25, 0.3) is 0 Å². The van der Waals surface area contributed by atoms with Crippen molar-refractivity contribution in [3.05, 3.63) is 40.4 Å². The summed E-state index contributed by atoms with van der Waals surface area (Å²) in [6.45, 7) is 2.66. The lowest BCUT2D eigenvalue weighted by molar-refractivity contribution is 0.500. The Balaban J connectivity index is 2.26. The first-order valence-corrected chi connectivity index (χ1v) is 6.39. The van der Waals surface area contributed by atoms with E-state index in [2.05, 4.69) is 20.7 Å². The van der Waals surface area contributed by atoms with E-state index in [0.29, 0.717) is 24.4 Å². The Hall–Kier alpha value is -1.53. The van der Waals surface area contributed by atoms with Gasteiger partial charge in [-0.3, -0.25) is 0 Å². The second kappa shape index (κ2) is 6.08. The molecular formula is C12H15ClFN5. The van der Waals surface area contributed by atoms with Crippen molar-refractivity contribution < 1.29 is 4.39 Å². The van der Waals surface area contributed by atoms with E-state index >= 15 is 0 Å². The average Bonchev–Trinajstić information content (AvgIpc) is 2.78. The third-order valence-electron chi connectivity index (χ3n) is 2.74. The largest absolute Gasteiger partial charge is 0.310 e. The molecule has 0 saturated carbocycles. The van der Waals surface area contributed by atoms with E-state index in [9.17, 15) is 4.39 Å². The van der Waals surface area contributed by atoms with E-state index < -0.39 is 5.82 Å². The van der Waals surface area contributed by atoms with Crippen LogP contribution in [0.4, 0.5) is 4.39 Å². The van der Waals surface area contributed by atoms with Crippen LogP contribution in [-0.4, -0.2) is 26.8 Å². The number of nitrogens with zero attached hydrogens (tertiary/aromatic N) is 4. The van der Waals surface area contributed by atoms with Crippen LogP contribution in [0.5, 0.6) is 0 Å². The number of hydrogen-bond acceptors (Lipinski definition) is 4. The fourth-order valence-corrected chi connectivity index (χ4v) is 2.10. The molecule has 0 bridgehead atoms. The first-order valence-electron chi connectivity index (χ1n) is 6.02. The van der Waals surface area contributed by atoms with Gasteiger partial charge in [0.25, 0.3) is 0 Å². The molecule has 0 aliphatic rings. The van der Waals surface area contributed by atoms with Gasteiger partial charge < -0.3 is 5.32 Å². The van der Waals surface area contributed by atoms with Crippen molar-refractivity contribution in [3.8, 4) is 0 Å². The Morgan fingerprint density at radius 2 is 2.26 bits per heavy atom. The molecule has 1 aromatic heterocycles. The van der Waals surface area contributed by atoms with E-state index in [1.165, 1.54) is 10.9 Å². The zero-order valence-corrected chi connectivity index (χ0v) is 11.5. The normalized spacial score (nSPS) is 12.6. The molecule has 2 rings (SSSR count). The fourth-order valence-electron chi connectivity index (χ4n) is 1.92. The molecule has 102 valence electrons. The fraction of sp³-hybridized carbons (Fsp3) is 0.417. The molecule has 1 unspecified atom stereocenters. The summed E-state index contributed by atoms with van der Waals surface area (Å²) < 4.78 is 14.0. The number of hydrogen-bond donors (Lipinski definition) is 1. The van der Waals surface area contributed by atoms with Crippen molar-refractivity contribution >= 4 is 11.6 Å². The van der Waals surface area contributed by atoms with Gasteiger partial charge in [-0.1, -0.05) is 30.7 Å². The highest BCUT2D eigenvalue weighted by atomic mass is 35.5. The van der Waals surface area contributed by atoms with Gasteiger partial charge in [0.05, 0.1) is 12.1 Å². The maximum absolute atomic E-state index is 14.0. The minimum Gasteiger partial charge on any atom is -0.310 e. The topological polar surface area (TPSA) is 55.6 Å². The lowest BCUT2D eigenvalue weighted by Crippen LogP contribution is -2.24. The highest BCUT2D eigenvalue weighted by Crippen LogP contribution is 2.25. The van der Waals surface area contributed by atoms with Gasteiger partial charge in [0.15, 0.2) is 5.82 Å². The van der Waals surface area contributed by atoms with Gasteiger partial charge in [0.1, 0.15) is 5.82 Å². The lowest BCUT2D eigenvalue weighted by atomic mass is 10.0. The third kappa shape index (κ3) is 3.27. The van der Waals surface area contributed by atoms with Gasteiger partial charge in [0.2, 0.25) is 0 Å². The Bertz CT molecular complexity index is 557. The zero-order chi connectivity index (χ0) is 13.8. The van der Waals surface area contributed by atoms with E-state index in [-0.39, 0.29) is 11.1 Å². The molecule has 1 aromatic carbocycles. The molecule has 0 aliphatic carbocycles. The Kier molecular flexibility index (Phi) is 4.44. The van der Waals surface area contributed by atoms with Crippen LogP contribution in [0.2, 0.25) is 5.02 Å². The Morgan fingerprint density at radius 1 is 1.47 bits per heavy atom. The standard InChI is InChI=1S/C12H15ClFN5/c1-3-15-10(7-11-16-18-19(2)17-11)8-5-4-6-9(13)12(8)14/h4-6,10,15H,3,7H2,1-2H3. The molecule has 2 aromatic rings. The maximum Gasteiger partial charge on any atom is 0.176 e. The Labute approximate surface area is 115 Å². The summed E-state index contributed by atoms with van der Waals surface area (Å²) in [7, 11) is 1.69. The molecule has 0 fully saturated rings. The second-order valence-corrected chi connectivity index (χ2v) is 4.56. The van der Waals surface area contributed by atoms with Crippen molar-refractivity contribution in [3.63, 3.8) is 0 Å². The summed E-state index contributed by atoms with van der Waals surface area (Å²) in [6.07, 6.45) is 0.457. The predicted molar refractivity (Wildman–Crippen MR) is 70.3 cm³/mol. The monoisotopic (exact) mass is 283 g/mol. The quantitative estimate of drug-likeness (QED) is 0.910. The van der Waals surface area contributed by atoms with E-state index in [4.69, 9.17) is 11.6 Å². The predicted octanol–water partition coefficient (Wildman–Crippen LogP) is 1.90. The highest BCUT2D eigenvalue weighted by molar-refractivity contribution is 6.30. The van der Waals surface area contributed by atoms with Gasteiger partial charge in [-0.05, 0) is 17.8 Å². The van der Waals surface area contributed by atoms with Gasteiger partial charge in [-0.2, -0.15) is 4.80 Å². The van der Waals surface area contributed by atoms with Gasteiger partial charge in [0, 0.05) is 18.0 Å². The van der Waals surface area contributed by atoms with Crippen molar-refractivity contribution in [1.82, 2.24) is 25.5 Å². The number of aryl methyl sites for hydroxylation is 1. The van der Waals surface area contributed by atoms with E-state index in [1.54, 1.807) is 19.2 Å². The summed E-state index contributed by atoms with van der Waals surface area (Å²) in [5.41, 5.74) is 0.516. The molecular weight excluding hydrogens is 269 g/mol. The lowest BCUT2D eigenvalue weighted by Gasteiger charge is -2.17. The molecule has 19 heavy (non-hydrogen) atoms. The summed E-state index contributed by atoms with van der Waals surface area (Å²) in [6, 6.07) is 4.75.